The van der Waals surface area contributed by atoms with Crippen LogP contribution in [0.5, 0.6) is 0 Å². The topological polar surface area (TPSA) is 49.9 Å². The summed E-state index contributed by atoms with van der Waals surface area (Å²) in [6.45, 7) is 2.69. The smallest absolute Gasteiger partial charge is 0.225 e. The first kappa shape index (κ1) is 19.4. The maximum atomic E-state index is 12.2. The van der Waals surface area contributed by atoms with Crippen LogP contribution in [-0.2, 0) is 20.7 Å². The summed E-state index contributed by atoms with van der Waals surface area (Å²) in [6, 6.07) is 10.3. The van der Waals surface area contributed by atoms with Crippen LogP contribution in [0.2, 0.25) is 0 Å². The number of nitrogens with zero attached hydrogens (tertiary/aromatic N) is 2. The predicted octanol–water partition coefficient (Wildman–Crippen LogP) is 2.35. The quantitative estimate of drug-likeness (QED) is 0.679. The molecular weight excluding hydrogens is 316 g/mol. The average molecular weight is 346 g/mol. The number of ether oxygens (including phenoxy) is 1. The zero-order valence-electron chi connectivity index (χ0n) is 15.4. The maximum Gasteiger partial charge on any atom is 0.225 e. The highest BCUT2D eigenvalue weighted by atomic mass is 16.5. The average Bonchev–Trinajstić information content (AvgIpc) is 2.64. The van der Waals surface area contributed by atoms with Crippen LogP contribution in [0.15, 0.2) is 30.3 Å². The molecule has 0 unspecified atom stereocenters. The second-order valence-corrected chi connectivity index (χ2v) is 6.84. The standard InChI is InChI=1S/C20H30N2O3/c1-21(2)20(24)18-10-13-22(14-11-18)19(23)9-6-15-25-16-12-17-7-4-3-5-8-17/h3-5,7-8,18H,6,9-16H2,1-2H3. The number of benzene rings is 1. The van der Waals surface area contributed by atoms with E-state index in [0.29, 0.717) is 32.7 Å². The third-order valence-electron chi connectivity index (χ3n) is 4.69. The molecule has 0 spiro atoms. The first-order chi connectivity index (χ1) is 12.1. The third kappa shape index (κ3) is 6.50. The van der Waals surface area contributed by atoms with Gasteiger partial charge in [-0.3, -0.25) is 9.59 Å². The molecule has 2 amide bonds. The van der Waals surface area contributed by atoms with Crippen molar-refractivity contribution in [1.29, 1.82) is 0 Å². The van der Waals surface area contributed by atoms with E-state index in [1.807, 2.05) is 23.1 Å². The van der Waals surface area contributed by atoms with Crippen molar-refractivity contribution >= 4 is 11.8 Å². The van der Waals surface area contributed by atoms with Gasteiger partial charge in [-0.1, -0.05) is 30.3 Å². The molecule has 1 saturated heterocycles. The molecule has 1 aromatic carbocycles. The van der Waals surface area contributed by atoms with Crippen LogP contribution in [-0.4, -0.2) is 62.0 Å². The van der Waals surface area contributed by atoms with Crippen molar-refractivity contribution in [3.8, 4) is 0 Å². The zero-order chi connectivity index (χ0) is 18.1. The van der Waals surface area contributed by atoms with E-state index in [1.165, 1.54) is 5.56 Å². The Morgan fingerprint density at radius 3 is 2.44 bits per heavy atom. The van der Waals surface area contributed by atoms with Gasteiger partial charge in [-0.05, 0) is 31.2 Å². The molecular formula is C20H30N2O3. The minimum Gasteiger partial charge on any atom is -0.381 e. The first-order valence-corrected chi connectivity index (χ1v) is 9.18. The largest absolute Gasteiger partial charge is 0.381 e. The second kappa shape index (κ2) is 10.2. The number of carbonyl (C=O) groups excluding carboxylic acids is 2. The molecule has 0 bridgehead atoms. The molecule has 25 heavy (non-hydrogen) atoms. The Kier molecular flexibility index (Phi) is 7.92. The second-order valence-electron chi connectivity index (χ2n) is 6.84. The fourth-order valence-electron chi connectivity index (χ4n) is 3.16. The molecule has 0 radical (unpaired) electrons. The van der Waals surface area contributed by atoms with E-state index >= 15 is 0 Å². The van der Waals surface area contributed by atoms with Crippen LogP contribution in [0.4, 0.5) is 0 Å². The number of piperidine rings is 1. The van der Waals surface area contributed by atoms with E-state index in [2.05, 4.69) is 12.1 Å². The fourth-order valence-corrected chi connectivity index (χ4v) is 3.16. The predicted molar refractivity (Wildman–Crippen MR) is 98.2 cm³/mol. The third-order valence-corrected chi connectivity index (χ3v) is 4.69. The van der Waals surface area contributed by atoms with Crippen LogP contribution >= 0.6 is 0 Å². The van der Waals surface area contributed by atoms with Crippen molar-refractivity contribution in [3.05, 3.63) is 35.9 Å². The molecule has 0 N–H and O–H groups in total. The number of carbonyl (C=O) groups is 2. The summed E-state index contributed by atoms with van der Waals surface area (Å²) in [5, 5.41) is 0. The molecule has 0 saturated carbocycles. The Balaban J connectivity index is 1.55. The Bertz CT molecular complexity index is 537. The maximum absolute atomic E-state index is 12.2. The summed E-state index contributed by atoms with van der Waals surface area (Å²) in [7, 11) is 3.58. The molecule has 5 heteroatoms. The van der Waals surface area contributed by atoms with Gasteiger partial charge in [0.15, 0.2) is 0 Å². The van der Waals surface area contributed by atoms with Gasteiger partial charge < -0.3 is 14.5 Å². The summed E-state index contributed by atoms with van der Waals surface area (Å²) in [6.07, 6.45) is 3.73. The number of hydrogen-bond donors (Lipinski definition) is 0. The lowest BCUT2D eigenvalue weighted by atomic mass is 9.95. The molecule has 1 aliphatic heterocycles. The normalized spacial score (nSPS) is 15.2. The number of rotatable bonds is 8. The van der Waals surface area contributed by atoms with E-state index < -0.39 is 0 Å². The van der Waals surface area contributed by atoms with Crippen LogP contribution in [0, 0.1) is 5.92 Å². The van der Waals surface area contributed by atoms with E-state index in [4.69, 9.17) is 4.74 Å². The van der Waals surface area contributed by atoms with Crippen molar-refractivity contribution in [2.24, 2.45) is 5.92 Å². The molecule has 2 rings (SSSR count). The number of likely N-dealkylation sites (tertiary alicyclic amines) is 1. The van der Waals surface area contributed by atoms with E-state index in [0.717, 1.165) is 25.7 Å². The minimum absolute atomic E-state index is 0.0698. The van der Waals surface area contributed by atoms with Gasteiger partial charge in [0.1, 0.15) is 0 Å². The molecule has 1 aromatic rings. The van der Waals surface area contributed by atoms with E-state index in [9.17, 15) is 9.59 Å². The minimum atomic E-state index is 0.0698. The molecule has 5 nitrogen and oxygen atoms in total. The molecule has 0 aromatic heterocycles. The van der Waals surface area contributed by atoms with Gasteiger partial charge in [-0.15, -0.1) is 0 Å². The van der Waals surface area contributed by atoms with Gasteiger partial charge in [0, 0.05) is 46.1 Å². The summed E-state index contributed by atoms with van der Waals surface area (Å²) in [5.74, 6) is 0.432. The van der Waals surface area contributed by atoms with Crippen LogP contribution in [0.3, 0.4) is 0 Å². The summed E-state index contributed by atoms with van der Waals surface area (Å²) in [4.78, 5) is 27.7. The highest BCUT2D eigenvalue weighted by Crippen LogP contribution is 2.19. The number of hydrogen-bond acceptors (Lipinski definition) is 3. The van der Waals surface area contributed by atoms with Crippen molar-refractivity contribution in [2.75, 3.05) is 40.4 Å². The van der Waals surface area contributed by atoms with E-state index in [1.54, 1.807) is 19.0 Å². The van der Waals surface area contributed by atoms with Gasteiger partial charge in [-0.25, -0.2) is 0 Å². The fraction of sp³-hybridized carbons (Fsp3) is 0.600. The van der Waals surface area contributed by atoms with E-state index in [-0.39, 0.29) is 17.7 Å². The lowest BCUT2D eigenvalue weighted by molar-refractivity contribution is -0.139. The highest BCUT2D eigenvalue weighted by molar-refractivity contribution is 5.79. The van der Waals surface area contributed by atoms with Crippen LogP contribution in [0.1, 0.15) is 31.2 Å². The highest BCUT2D eigenvalue weighted by Gasteiger charge is 2.27. The van der Waals surface area contributed by atoms with Gasteiger partial charge in [0.2, 0.25) is 11.8 Å². The molecule has 1 fully saturated rings. The monoisotopic (exact) mass is 346 g/mol. The lowest BCUT2D eigenvalue weighted by Gasteiger charge is -2.32. The van der Waals surface area contributed by atoms with Gasteiger partial charge in [-0.2, -0.15) is 0 Å². The Morgan fingerprint density at radius 1 is 1.12 bits per heavy atom. The first-order valence-electron chi connectivity index (χ1n) is 9.18. The SMILES string of the molecule is CN(C)C(=O)C1CCN(C(=O)CCCOCCc2ccccc2)CC1. The van der Waals surface area contributed by atoms with Crippen molar-refractivity contribution in [2.45, 2.75) is 32.1 Å². The van der Waals surface area contributed by atoms with Gasteiger partial charge in [0.25, 0.3) is 0 Å². The van der Waals surface area contributed by atoms with Crippen LogP contribution < -0.4 is 0 Å². The van der Waals surface area contributed by atoms with Gasteiger partial charge in [0.05, 0.1) is 6.61 Å². The Labute approximate surface area is 150 Å². The molecule has 138 valence electrons. The van der Waals surface area contributed by atoms with Gasteiger partial charge >= 0.3 is 0 Å². The zero-order valence-corrected chi connectivity index (χ0v) is 15.4. The van der Waals surface area contributed by atoms with Crippen molar-refractivity contribution in [3.63, 3.8) is 0 Å². The summed E-state index contributed by atoms with van der Waals surface area (Å²) >= 11 is 0. The summed E-state index contributed by atoms with van der Waals surface area (Å²) < 4.78 is 5.63. The Hall–Kier alpha value is -1.88. The molecule has 0 aliphatic carbocycles. The molecule has 1 aliphatic rings. The number of amides is 2. The van der Waals surface area contributed by atoms with Crippen molar-refractivity contribution < 1.29 is 14.3 Å². The van der Waals surface area contributed by atoms with Crippen LogP contribution in [0.25, 0.3) is 0 Å². The Morgan fingerprint density at radius 2 is 1.80 bits per heavy atom. The molecule has 0 atom stereocenters. The van der Waals surface area contributed by atoms with Crippen molar-refractivity contribution in [1.82, 2.24) is 9.80 Å². The summed E-state index contributed by atoms with van der Waals surface area (Å²) in [5.41, 5.74) is 1.27. The molecule has 1 heterocycles. The lowest BCUT2D eigenvalue weighted by Crippen LogP contribution is -2.42.